The van der Waals surface area contributed by atoms with E-state index in [2.05, 4.69) is 41.5 Å². The molecule has 0 amide bonds. The predicted molar refractivity (Wildman–Crippen MR) is 93.9 cm³/mol. The van der Waals surface area contributed by atoms with Crippen LogP contribution in [0.5, 0.6) is 0 Å². The number of hydrogen-bond acceptors (Lipinski definition) is 5. The van der Waals surface area contributed by atoms with E-state index in [1.54, 1.807) is 6.92 Å². The van der Waals surface area contributed by atoms with E-state index in [4.69, 9.17) is 13.9 Å². The van der Waals surface area contributed by atoms with E-state index in [9.17, 15) is 10.2 Å². The van der Waals surface area contributed by atoms with Crippen LogP contribution in [0.2, 0.25) is 16.6 Å². The summed E-state index contributed by atoms with van der Waals surface area (Å²) in [6, 6.07) is 0. The second-order valence-corrected chi connectivity index (χ2v) is 13.4. The normalized spacial score (nSPS) is 36.3. The molecule has 0 aromatic rings. The first-order chi connectivity index (χ1) is 10.4. The number of aliphatic hydroxyl groups excluding tert-OH is 1. The maximum Gasteiger partial charge on any atom is 0.201 e. The zero-order valence-corrected chi connectivity index (χ0v) is 17.2. The molecule has 1 saturated heterocycles. The number of rotatable bonds is 6. The summed E-state index contributed by atoms with van der Waals surface area (Å²) in [6.45, 7) is 16.7. The van der Waals surface area contributed by atoms with Crippen LogP contribution in [-0.2, 0) is 13.9 Å². The van der Waals surface area contributed by atoms with E-state index >= 15 is 0 Å². The second kappa shape index (κ2) is 7.50. The van der Waals surface area contributed by atoms with Gasteiger partial charge in [-0.25, -0.2) is 0 Å². The average Bonchev–Trinajstić information content (AvgIpc) is 2.41. The van der Waals surface area contributed by atoms with Gasteiger partial charge in [0, 0.05) is 7.11 Å². The van der Waals surface area contributed by atoms with Crippen LogP contribution in [0.3, 0.4) is 0 Å². The lowest BCUT2D eigenvalue weighted by atomic mass is 9.86. The van der Waals surface area contributed by atoms with Crippen LogP contribution in [0.4, 0.5) is 0 Å². The second-order valence-electron chi connectivity index (χ2n) is 7.97. The summed E-state index contributed by atoms with van der Waals surface area (Å²) in [5.41, 5.74) is -0.247. The number of hydrogen-bond donors (Lipinski definition) is 2. The smallest absolute Gasteiger partial charge is 0.201 e. The van der Waals surface area contributed by atoms with Gasteiger partial charge in [-0.3, -0.25) is 0 Å². The van der Waals surface area contributed by atoms with Gasteiger partial charge in [-0.1, -0.05) is 41.5 Å². The van der Waals surface area contributed by atoms with Crippen LogP contribution in [0.25, 0.3) is 0 Å². The lowest BCUT2D eigenvalue weighted by molar-refractivity contribution is -0.312. The van der Waals surface area contributed by atoms with E-state index in [-0.39, 0.29) is 6.10 Å². The topological polar surface area (TPSA) is 68.2 Å². The van der Waals surface area contributed by atoms with Crippen molar-refractivity contribution in [3.05, 3.63) is 0 Å². The third-order valence-electron chi connectivity index (χ3n) is 5.48. The van der Waals surface area contributed by atoms with E-state index in [1.165, 1.54) is 7.11 Å². The molecule has 23 heavy (non-hydrogen) atoms. The van der Waals surface area contributed by atoms with Gasteiger partial charge in [0.15, 0.2) is 6.29 Å². The van der Waals surface area contributed by atoms with Crippen molar-refractivity contribution in [2.45, 2.75) is 102 Å². The molecule has 0 spiro atoms. The zero-order chi connectivity index (χ0) is 18.2. The first-order valence-corrected chi connectivity index (χ1v) is 10.8. The van der Waals surface area contributed by atoms with Crippen molar-refractivity contribution in [3.8, 4) is 0 Å². The Labute approximate surface area is 142 Å². The molecule has 1 aliphatic heterocycles. The van der Waals surface area contributed by atoms with Crippen LogP contribution in [0.1, 0.15) is 55.4 Å². The van der Waals surface area contributed by atoms with Gasteiger partial charge >= 0.3 is 0 Å². The molecular formula is C17H36O5Si. The molecule has 0 unspecified atom stereocenters. The summed E-state index contributed by atoms with van der Waals surface area (Å²) in [5, 5.41) is 21.4. The molecule has 0 aromatic carbocycles. The van der Waals surface area contributed by atoms with Gasteiger partial charge < -0.3 is 24.1 Å². The molecule has 1 aliphatic rings. The molecule has 0 aromatic heterocycles. The fraction of sp³-hybridized carbons (Fsp3) is 1.00. The van der Waals surface area contributed by atoms with E-state index < -0.39 is 32.4 Å². The maximum atomic E-state index is 11.0. The predicted octanol–water partition coefficient (Wildman–Crippen LogP) is 3.05. The first kappa shape index (κ1) is 21.1. The maximum absolute atomic E-state index is 11.0. The molecule has 2 N–H and O–H groups in total. The van der Waals surface area contributed by atoms with Crippen molar-refractivity contribution >= 4 is 8.32 Å². The fourth-order valence-corrected chi connectivity index (χ4v) is 9.99. The molecule has 5 atom stereocenters. The van der Waals surface area contributed by atoms with Crippen LogP contribution >= 0.6 is 0 Å². The van der Waals surface area contributed by atoms with Gasteiger partial charge in [0.05, 0.1) is 6.10 Å². The SMILES string of the molecule is CO[C@@H]1O[C@@H](C)[C@H](O[Si](C(C)C)(C(C)C)C(C)C)[C@@](C)(O)[C@H]1O. The minimum atomic E-state index is -2.20. The Morgan fingerprint density at radius 3 is 1.83 bits per heavy atom. The monoisotopic (exact) mass is 348 g/mol. The molecule has 0 bridgehead atoms. The van der Waals surface area contributed by atoms with Gasteiger partial charge in [0.2, 0.25) is 8.32 Å². The summed E-state index contributed by atoms with van der Waals surface area (Å²) in [5.74, 6) is 0. The summed E-state index contributed by atoms with van der Waals surface area (Å²) < 4.78 is 17.6. The third kappa shape index (κ3) is 3.67. The van der Waals surface area contributed by atoms with E-state index in [0.29, 0.717) is 16.6 Å². The Hall–Kier alpha value is 0.0169. The van der Waals surface area contributed by atoms with Gasteiger partial charge in [0.25, 0.3) is 0 Å². The Morgan fingerprint density at radius 2 is 1.48 bits per heavy atom. The number of methoxy groups -OCH3 is 1. The summed E-state index contributed by atoms with van der Waals surface area (Å²) in [4.78, 5) is 0. The van der Waals surface area contributed by atoms with Crippen molar-refractivity contribution in [2.75, 3.05) is 7.11 Å². The Bertz CT molecular complexity index is 361. The molecule has 138 valence electrons. The molecule has 0 radical (unpaired) electrons. The summed E-state index contributed by atoms with van der Waals surface area (Å²) in [7, 11) is -0.734. The summed E-state index contributed by atoms with van der Waals surface area (Å²) >= 11 is 0. The highest BCUT2D eigenvalue weighted by Crippen LogP contribution is 2.46. The molecular weight excluding hydrogens is 312 g/mol. The van der Waals surface area contributed by atoms with Crippen LogP contribution in [0, 0.1) is 0 Å². The largest absolute Gasteiger partial charge is 0.407 e. The average molecular weight is 349 g/mol. The molecule has 1 heterocycles. The minimum absolute atomic E-state index is 0.360. The first-order valence-electron chi connectivity index (χ1n) is 8.69. The Kier molecular flexibility index (Phi) is 6.86. The molecule has 6 heteroatoms. The Balaban J connectivity index is 3.21. The highest BCUT2D eigenvalue weighted by molar-refractivity contribution is 6.77. The standard InChI is InChI=1S/C17H36O5Si/c1-10(2)23(11(3)4,12(5)6)22-15-13(7)21-16(20-9)14(18)17(15,8)19/h10-16,18-19H,1-9H3/t13-,14-,15-,16+,17-/m0/s1. The van der Waals surface area contributed by atoms with Crippen molar-refractivity contribution in [2.24, 2.45) is 0 Å². The number of aliphatic hydroxyl groups is 2. The van der Waals surface area contributed by atoms with Gasteiger partial charge in [-0.2, -0.15) is 0 Å². The summed E-state index contributed by atoms with van der Waals surface area (Å²) in [6.07, 6.45) is -2.93. The van der Waals surface area contributed by atoms with Crippen molar-refractivity contribution in [1.82, 2.24) is 0 Å². The number of ether oxygens (including phenoxy) is 2. The van der Waals surface area contributed by atoms with E-state index in [0.717, 1.165) is 0 Å². The van der Waals surface area contributed by atoms with Crippen molar-refractivity contribution in [1.29, 1.82) is 0 Å². The molecule has 5 nitrogen and oxygen atoms in total. The Morgan fingerprint density at radius 1 is 1.04 bits per heavy atom. The van der Waals surface area contributed by atoms with Crippen LogP contribution < -0.4 is 0 Å². The van der Waals surface area contributed by atoms with Crippen LogP contribution in [0.15, 0.2) is 0 Å². The van der Waals surface area contributed by atoms with Gasteiger partial charge in [-0.15, -0.1) is 0 Å². The molecule has 1 rings (SSSR count). The quantitative estimate of drug-likeness (QED) is 0.722. The van der Waals surface area contributed by atoms with Crippen molar-refractivity contribution < 1.29 is 24.1 Å². The van der Waals surface area contributed by atoms with Gasteiger partial charge in [-0.05, 0) is 30.5 Å². The third-order valence-corrected chi connectivity index (χ3v) is 11.6. The van der Waals surface area contributed by atoms with Crippen LogP contribution in [-0.4, -0.2) is 55.8 Å². The lowest BCUT2D eigenvalue weighted by Crippen LogP contribution is -2.68. The van der Waals surface area contributed by atoms with Gasteiger partial charge in [0.1, 0.15) is 17.8 Å². The lowest BCUT2D eigenvalue weighted by Gasteiger charge is -2.53. The highest BCUT2D eigenvalue weighted by atomic mass is 28.4. The molecule has 1 fully saturated rings. The van der Waals surface area contributed by atoms with Crippen molar-refractivity contribution in [3.63, 3.8) is 0 Å². The molecule has 0 saturated carbocycles. The molecule has 0 aliphatic carbocycles. The highest BCUT2D eigenvalue weighted by Gasteiger charge is 2.57. The fourth-order valence-electron chi connectivity index (χ4n) is 4.30. The van der Waals surface area contributed by atoms with E-state index in [1.807, 2.05) is 6.92 Å². The minimum Gasteiger partial charge on any atom is -0.407 e. The zero-order valence-electron chi connectivity index (χ0n) is 16.2.